The molecule has 4 nitrogen and oxygen atoms in total. The number of rotatable bonds is 7. The van der Waals surface area contributed by atoms with Gasteiger partial charge in [-0.2, -0.15) is 0 Å². The highest BCUT2D eigenvalue weighted by Crippen LogP contribution is 2.47. The van der Waals surface area contributed by atoms with Crippen LogP contribution in [0, 0.1) is 5.92 Å². The smallest absolute Gasteiger partial charge is 0.150 e. The summed E-state index contributed by atoms with van der Waals surface area (Å²) < 4.78 is 12.7. The third kappa shape index (κ3) is 5.11. The van der Waals surface area contributed by atoms with E-state index in [-0.39, 0.29) is 11.9 Å². The Kier molecular flexibility index (Phi) is 7.27. The lowest BCUT2D eigenvalue weighted by Gasteiger charge is -2.31. The first-order valence-electron chi connectivity index (χ1n) is 12.9. The van der Waals surface area contributed by atoms with E-state index in [1.165, 1.54) is 25.9 Å². The maximum atomic E-state index is 10.1. The number of nitrogens with zero attached hydrogens (tertiary/aromatic N) is 1. The van der Waals surface area contributed by atoms with Gasteiger partial charge in [0, 0.05) is 28.7 Å². The molecule has 0 radical (unpaired) electrons. The number of halogens is 1. The molecule has 1 unspecified atom stereocenters. The molecule has 2 aliphatic rings. The highest BCUT2D eigenvalue weighted by Gasteiger charge is 2.30. The minimum atomic E-state index is -0.285. The summed E-state index contributed by atoms with van der Waals surface area (Å²) in [6, 6.07) is 21.7. The third-order valence-electron chi connectivity index (χ3n) is 7.63. The Morgan fingerprint density at radius 3 is 2.53 bits per heavy atom. The molecule has 5 rings (SSSR count). The van der Waals surface area contributed by atoms with E-state index in [9.17, 15) is 5.11 Å². The fourth-order valence-corrected chi connectivity index (χ4v) is 5.46. The predicted octanol–water partition coefficient (Wildman–Crippen LogP) is 7.61. The number of allylic oxidation sites excluding steroid dienone is 1. The van der Waals surface area contributed by atoms with E-state index in [0.717, 1.165) is 45.3 Å². The molecule has 188 valence electrons. The van der Waals surface area contributed by atoms with Crippen LogP contribution in [0.2, 0.25) is 5.02 Å². The van der Waals surface area contributed by atoms with E-state index >= 15 is 0 Å². The second-order valence-electron chi connectivity index (χ2n) is 10.0. The first kappa shape index (κ1) is 24.7. The average molecular weight is 504 g/mol. The quantitative estimate of drug-likeness (QED) is 0.360. The summed E-state index contributed by atoms with van der Waals surface area (Å²) in [7, 11) is 0. The fraction of sp³-hybridized carbons (Fsp3) is 0.355. The summed E-state index contributed by atoms with van der Waals surface area (Å²) in [5.41, 5.74) is 5.12. The number of hydrogen-bond donors (Lipinski definition) is 1. The van der Waals surface area contributed by atoms with Crippen molar-refractivity contribution in [2.24, 2.45) is 5.92 Å². The maximum Gasteiger partial charge on any atom is 0.150 e. The SMILES string of the molecule is CC[C@@H]1CCN([C@@H](C)COc2ccc(C3Oc4ccc(O)cc4C(C)=C3c3ccc(Cl)cc3)cc2)C1. The van der Waals surface area contributed by atoms with Gasteiger partial charge in [0.05, 0.1) is 0 Å². The Hall–Kier alpha value is -2.95. The summed E-state index contributed by atoms with van der Waals surface area (Å²) in [4.78, 5) is 2.54. The lowest BCUT2D eigenvalue weighted by Crippen LogP contribution is -2.35. The molecule has 0 saturated carbocycles. The summed E-state index contributed by atoms with van der Waals surface area (Å²) in [6.07, 6.45) is 2.27. The second kappa shape index (κ2) is 10.6. The molecule has 3 aromatic rings. The van der Waals surface area contributed by atoms with Gasteiger partial charge in [-0.05, 0) is 91.9 Å². The molecule has 3 aromatic carbocycles. The molecule has 0 bridgehead atoms. The van der Waals surface area contributed by atoms with Gasteiger partial charge in [-0.1, -0.05) is 49.2 Å². The lowest BCUT2D eigenvalue weighted by atomic mass is 9.86. The van der Waals surface area contributed by atoms with Crippen LogP contribution in [0.25, 0.3) is 11.1 Å². The average Bonchev–Trinajstić information content (AvgIpc) is 3.38. The monoisotopic (exact) mass is 503 g/mol. The normalized spacial score (nSPS) is 20.7. The van der Waals surface area contributed by atoms with Gasteiger partial charge >= 0.3 is 0 Å². The van der Waals surface area contributed by atoms with Crippen molar-refractivity contribution in [2.75, 3.05) is 19.7 Å². The van der Waals surface area contributed by atoms with Crippen LogP contribution in [0.15, 0.2) is 66.7 Å². The van der Waals surface area contributed by atoms with Gasteiger partial charge in [-0.15, -0.1) is 0 Å². The van der Waals surface area contributed by atoms with E-state index in [2.05, 4.69) is 37.8 Å². The predicted molar refractivity (Wildman–Crippen MR) is 147 cm³/mol. The van der Waals surface area contributed by atoms with E-state index in [1.54, 1.807) is 12.1 Å². The van der Waals surface area contributed by atoms with Gasteiger partial charge in [0.1, 0.15) is 30.0 Å². The van der Waals surface area contributed by atoms with Crippen molar-refractivity contribution in [3.8, 4) is 17.2 Å². The van der Waals surface area contributed by atoms with Crippen LogP contribution in [-0.2, 0) is 0 Å². The van der Waals surface area contributed by atoms with Crippen molar-refractivity contribution >= 4 is 22.7 Å². The maximum absolute atomic E-state index is 10.1. The molecular weight excluding hydrogens is 470 g/mol. The zero-order chi connectivity index (χ0) is 25.2. The number of likely N-dealkylation sites (tertiary alicyclic amines) is 1. The van der Waals surface area contributed by atoms with Crippen molar-refractivity contribution in [1.29, 1.82) is 0 Å². The Morgan fingerprint density at radius 1 is 1.08 bits per heavy atom. The lowest BCUT2D eigenvalue weighted by molar-refractivity contribution is 0.168. The van der Waals surface area contributed by atoms with E-state index in [0.29, 0.717) is 17.7 Å². The van der Waals surface area contributed by atoms with Crippen LogP contribution in [0.3, 0.4) is 0 Å². The summed E-state index contributed by atoms with van der Waals surface area (Å²) >= 11 is 6.17. The molecule has 1 fully saturated rings. The molecule has 0 aromatic heterocycles. The Bertz CT molecular complexity index is 1240. The molecule has 36 heavy (non-hydrogen) atoms. The van der Waals surface area contributed by atoms with Crippen LogP contribution in [0.4, 0.5) is 0 Å². The first-order chi connectivity index (χ1) is 17.4. The van der Waals surface area contributed by atoms with Crippen molar-refractivity contribution in [3.05, 3.63) is 88.4 Å². The minimum absolute atomic E-state index is 0.223. The molecule has 2 heterocycles. The van der Waals surface area contributed by atoms with Crippen molar-refractivity contribution in [2.45, 2.75) is 45.8 Å². The standard InChI is InChI=1S/C31H34ClNO3/c1-4-22-15-16-33(18-22)20(2)19-35-27-12-7-24(8-13-27)31-30(23-5-9-25(32)10-6-23)21(3)28-17-26(34)11-14-29(28)36-31/h5-14,17,20,22,31,34H,4,15-16,18-19H2,1-3H3/t20-,22+,31?/m0/s1. The van der Waals surface area contributed by atoms with Crippen LogP contribution in [0.1, 0.15) is 56.4 Å². The van der Waals surface area contributed by atoms with Crippen LogP contribution in [-0.4, -0.2) is 35.7 Å². The van der Waals surface area contributed by atoms with Gasteiger partial charge in [0.25, 0.3) is 0 Å². The minimum Gasteiger partial charge on any atom is -0.508 e. The molecule has 3 atom stereocenters. The summed E-state index contributed by atoms with van der Waals surface area (Å²) in [5.74, 6) is 2.67. The van der Waals surface area contributed by atoms with Crippen LogP contribution in [0.5, 0.6) is 17.2 Å². The first-order valence-corrected chi connectivity index (χ1v) is 13.2. The van der Waals surface area contributed by atoms with Crippen molar-refractivity contribution in [3.63, 3.8) is 0 Å². The number of hydrogen-bond acceptors (Lipinski definition) is 4. The number of ether oxygens (including phenoxy) is 2. The number of phenolic OH excluding ortho intramolecular Hbond substituents is 1. The Balaban J connectivity index is 1.37. The molecule has 0 spiro atoms. The van der Waals surface area contributed by atoms with Gasteiger partial charge < -0.3 is 14.6 Å². The highest BCUT2D eigenvalue weighted by atomic mass is 35.5. The van der Waals surface area contributed by atoms with Crippen molar-refractivity contribution in [1.82, 2.24) is 4.90 Å². The molecule has 0 amide bonds. The molecular formula is C31H34ClNO3. The highest BCUT2D eigenvalue weighted by molar-refractivity contribution is 6.30. The summed E-state index contributed by atoms with van der Waals surface area (Å²) in [5, 5.41) is 10.8. The second-order valence-corrected chi connectivity index (χ2v) is 10.4. The number of fused-ring (bicyclic) bond motifs is 1. The molecule has 2 aliphatic heterocycles. The van der Waals surface area contributed by atoms with E-state index in [1.807, 2.05) is 42.5 Å². The van der Waals surface area contributed by atoms with Crippen molar-refractivity contribution < 1.29 is 14.6 Å². The van der Waals surface area contributed by atoms with Crippen LogP contribution >= 0.6 is 11.6 Å². The molecule has 1 saturated heterocycles. The Labute approximate surface area is 219 Å². The Morgan fingerprint density at radius 2 is 1.83 bits per heavy atom. The topological polar surface area (TPSA) is 41.9 Å². The zero-order valence-corrected chi connectivity index (χ0v) is 22.0. The molecule has 0 aliphatic carbocycles. The number of benzene rings is 3. The van der Waals surface area contributed by atoms with E-state index in [4.69, 9.17) is 21.1 Å². The summed E-state index contributed by atoms with van der Waals surface area (Å²) in [6.45, 7) is 9.64. The van der Waals surface area contributed by atoms with Gasteiger partial charge in [0.2, 0.25) is 0 Å². The molecule has 1 N–H and O–H groups in total. The van der Waals surface area contributed by atoms with Gasteiger partial charge in [-0.3, -0.25) is 4.90 Å². The van der Waals surface area contributed by atoms with Crippen LogP contribution < -0.4 is 9.47 Å². The third-order valence-corrected chi connectivity index (χ3v) is 7.88. The molecule has 5 heteroatoms. The zero-order valence-electron chi connectivity index (χ0n) is 21.2. The number of aromatic hydroxyl groups is 1. The van der Waals surface area contributed by atoms with Gasteiger partial charge in [0.15, 0.2) is 0 Å². The fourth-order valence-electron chi connectivity index (χ4n) is 5.33. The van der Waals surface area contributed by atoms with E-state index < -0.39 is 0 Å². The largest absolute Gasteiger partial charge is 0.508 e. The number of phenols is 1. The van der Waals surface area contributed by atoms with Gasteiger partial charge in [-0.25, -0.2) is 0 Å².